The summed E-state index contributed by atoms with van der Waals surface area (Å²) < 4.78 is 4.70. The molecule has 0 aliphatic carbocycles. The van der Waals surface area contributed by atoms with Crippen LogP contribution < -0.4 is 11.1 Å². The first-order chi connectivity index (χ1) is 8.42. The van der Waals surface area contributed by atoms with E-state index in [4.69, 9.17) is 10.5 Å². The van der Waals surface area contributed by atoms with E-state index in [1.165, 1.54) is 0 Å². The van der Waals surface area contributed by atoms with Crippen LogP contribution in [0.5, 0.6) is 0 Å². The number of esters is 1. The molecule has 18 heavy (non-hydrogen) atoms. The molecule has 6 nitrogen and oxygen atoms in total. The van der Waals surface area contributed by atoms with Gasteiger partial charge in [0, 0.05) is 6.42 Å². The third kappa shape index (κ3) is 6.22. The first-order valence-corrected chi connectivity index (χ1v) is 6.16. The van der Waals surface area contributed by atoms with E-state index >= 15 is 0 Å². The normalized spacial score (nSPS) is 13.5. The number of primary amides is 1. The number of nitrogens with two attached hydrogens (primary N) is 1. The lowest BCUT2D eigenvalue weighted by Crippen LogP contribution is -2.48. The highest BCUT2D eigenvalue weighted by Gasteiger charge is 2.23. The van der Waals surface area contributed by atoms with E-state index in [9.17, 15) is 14.4 Å². The number of hydrogen-bond acceptors (Lipinski definition) is 4. The average Bonchev–Trinajstić information content (AvgIpc) is 2.32. The largest absolute Gasteiger partial charge is 0.466 e. The van der Waals surface area contributed by atoms with Gasteiger partial charge in [-0.2, -0.15) is 0 Å². The molecule has 0 bridgehead atoms. The quantitative estimate of drug-likeness (QED) is 0.613. The number of rotatable bonds is 8. The smallest absolute Gasteiger partial charge is 0.306 e. The summed E-state index contributed by atoms with van der Waals surface area (Å²) in [7, 11) is 0. The van der Waals surface area contributed by atoms with E-state index in [2.05, 4.69) is 5.32 Å². The molecule has 0 saturated carbocycles. The van der Waals surface area contributed by atoms with Crippen molar-refractivity contribution in [3.63, 3.8) is 0 Å². The van der Waals surface area contributed by atoms with Crippen LogP contribution in [0.15, 0.2) is 0 Å². The van der Waals surface area contributed by atoms with Gasteiger partial charge >= 0.3 is 5.97 Å². The predicted molar refractivity (Wildman–Crippen MR) is 66.4 cm³/mol. The molecule has 0 heterocycles. The van der Waals surface area contributed by atoms with Gasteiger partial charge in [-0.25, -0.2) is 0 Å². The number of nitrogens with one attached hydrogen (secondary N) is 1. The molecule has 0 aromatic rings. The Bertz CT molecular complexity index is 304. The zero-order chi connectivity index (χ0) is 14.1. The van der Waals surface area contributed by atoms with Gasteiger partial charge in [-0.3, -0.25) is 14.4 Å². The van der Waals surface area contributed by atoms with Crippen molar-refractivity contribution in [1.29, 1.82) is 0 Å². The standard InChI is InChI=1S/C12H22N2O4/c1-4-8(3)11(12(13)17)14-9(15)6-7-10(16)18-5-2/h8,11H,4-7H2,1-3H3,(H2,13,17)(H,14,15)/t8-,11+/m1/s1. The SMILES string of the molecule is CCOC(=O)CCC(=O)N[C@H](C(N)=O)[C@H](C)CC. The Morgan fingerprint density at radius 3 is 2.28 bits per heavy atom. The van der Waals surface area contributed by atoms with Crippen LogP contribution in [0.2, 0.25) is 0 Å². The monoisotopic (exact) mass is 258 g/mol. The van der Waals surface area contributed by atoms with Crippen LogP contribution in [-0.2, 0) is 19.1 Å². The Balaban J connectivity index is 4.19. The maximum atomic E-state index is 11.6. The number of carbonyl (C=O) groups excluding carboxylic acids is 3. The topological polar surface area (TPSA) is 98.5 Å². The minimum atomic E-state index is -0.690. The number of ether oxygens (including phenoxy) is 1. The number of carbonyl (C=O) groups is 3. The van der Waals surface area contributed by atoms with Gasteiger partial charge in [-0.1, -0.05) is 20.3 Å². The first kappa shape index (κ1) is 16.4. The first-order valence-electron chi connectivity index (χ1n) is 6.16. The molecular formula is C12H22N2O4. The lowest BCUT2D eigenvalue weighted by Gasteiger charge is -2.20. The molecule has 3 N–H and O–H groups in total. The number of amides is 2. The van der Waals surface area contributed by atoms with E-state index in [-0.39, 0.29) is 31.3 Å². The van der Waals surface area contributed by atoms with Crippen molar-refractivity contribution in [2.45, 2.75) is 46.1 Å². The van der Waals surface area contributed by atoms with Crippen molar-refractivity contribution < 1.29 is 19.1 Å². The third-order valence-electron chi connectivity index (χ3n) is 2.70. The van der Waals surface area contributed by atoms with Crippen LogP contribution in [0.3, 0.4) is 0 Å². The molecule has 2 amide bonds. The van der Waals surface area contributed by atoms with Crippen molar-refractivity contribution in [1.82, 2.24) is 5.32 Å². The van der Waals surface area contributed by atoms with E-state index < -0.39 is 17.9 Å². The fraction of sp³-hybridized carbons (Fsp3) is 0.750. The highest BCUT2D eigenvalue weighted by atomic mass is 16.5. The van der Waals surface area contributed by atoms with E-state index in [1.54, 1.807) is 6.92 Å². The molecule has 2 atom stereocenters. The van der Waals surface area contributed by atoms with Gasteiger partial charge < -0.3 is 15.8 Å². The van der Waals surface area contributed by atoms with Gasteiger partial charge in [0.15, 0.2) is 0 Å². The predicted octanol–water partition coefficient (Wildman–Crippen LogP) is 0.346. The summed E-state index contributed by atoms with van der Waals surface area (Å²) in [5.41, 5.74) is 5.22. The van der Waals surface area contributed by atoms with Gasteiger partial charge in [0.2, 0.25) is 11.8 Å². The Morgan fingerprint density at radius 2 is 1.83 bits per heavy atom. The van der Waals surface area contributed by atoms with Crippen molar-refractivity contribution in [3.05, 3.63) is 0 Å². The summed E-state index contributed by atoms with van der Waals surface area (Å²) in [5, 5.41) is 2.54. The summed E-state index contributed by atoms with van der Waals surface area (Å²) in [5.74, 6) is -1.39. The van der Waals surface area contributed by atoms with Gasteiger partial charge in [-0.15, -0.1) is 0 Å². The van der Waals surface area contributed by atoms with Crippen LogP contribution in [0.1, 0.15) is 40.0 Å². The molecular weight excluding hydrogens is 236 g/mol. The lowest BCUT2D eigenvalue weighted by molar-refractivity contribution is -0.144. The summed E-state index contributed by atoms with van der Waals surface area (Å²) in [6.45, 7) is 5.73. The van der Waals surface area contributed by atoms with Gasteiger partial charge in [0.05, 0.1) is 13.0 Å². The Labute approximate surface area is 107 Å². The maximum absolute atomic E-state index is 11.6. The molecule has 0 saturated heterocycles. The summed E-state index contributed by atoms with van der Waals surface area (Å²) in [6, 6.07) is -0.690. The molecule has 0 aliphatic rings. The number of hydrogen-bond donors (Lipinski definition) is 2. The van der Waals surface area contributed by atoms with Gasteiger partial charge in [0.25, 0.3) is 0 Å². The van der Waals surface area contributed by atoms with E-state index in [0.29, 0.717) is 0 Å². The Kier molecular flexibility index (Phi) is 7.74. The van der Waals surface area contributed by atoms with Crippen molar-refractivity contribution in [3.8, 4) is 0 Å². The molecule has 0 aromatic carbocycles. The van der Waals surface area contributed by atoms with Crippen LogP contribution in [0, 0.1) is 5.92 Å². The van der Waals surface area contributed by atoms with Crippen LogP contribution in [0.4, 0.5) is 0 Å². The summed E-state index contributed by atoms with van der Waals surface area (Å²) in [6.07, 6.45) is 0.733. The molecule has 0 radical (unpaired) electrons. The molecule has 0 aliphatic heterocycles. The fourth-order valence-corrected chi connectivity index (χ4v) is 1.42. The van der Waals surface area contributed by atoms with Gasteiger partial charge in [-0.05, 0) is 12.8 Å². The minimum absolute atomic E-state index is 0.000945. The zero-order valence-electron chi connectivity index (χ0n) is 11.2. The second-order valence-electron chi connectivity index (χ2n) is 4.14. The van der Waals surface area contributed by atoms with Crippen LogP contribution in [-0.4, -0.2) is 30.4 Å². The van der Waals surface area contributed by atoms with E-state index in [1.807, 2.05) is 13.8 Å². The van der Waals surface area contributed by atoms with E-state index in [0.717, 1.165) is 6.42 Å². The molecule has 0 fully saturated rings. The molecule has 0 aromatic heterocycles. The van der Waals surface area contributed by atoms with Crippen LogP contribution in [0.25, 0.3) is 0 Å². The maximum Gasteiger partial charge on any atom is 0.306 e. The molecule has 6 heteroatoms. The minimum Gasteiger partial charge on any atom is -0.466 e. The Hall–Kier alpha value is -1.59. The second-order valence-corrected chi connectivity index (χ2v) is 4.14. The van der Waals surface area contributed by atoms with Crippen molar-refractivity contribution in [2.24, 2.45) is 11.7 Å². The molecule has 0 rings (SSSR count). The second kappa shape index (κ2) is 8.49. The summed E-state index contributed by atoms with van der Waals surface area (Å²) >= 11 is 0. The highest BCUT2D eigenvalue weighted by molar-refractivity contribution is 5.88. The molecule has 104 valence electrons. The average molecular weight is 258 g/mol. The zero-order valence-corrected chi connectivity index (χ0v) is 11.2. The van der Waals surface area contributed by atoms with Crippen LogP contribution >= 0.6 is 0 Å². The van der Waals surface area contributed by atoms with Crippen molar-refractivity contribution in [2.75, 3.05) is 6.61 Å². The summed E-state index contributed by atoms with van der Waals surface area (Å²) in [4.78, 5) is 33.8. The highest BCUT2D eigenvalue weighted by Crippen LogP contribution is 2.07. The third-order valence-corrected chi connectivity index (χ3v) is 2.70. The molecule has 0 spiro atoms. The lowest BCUT2D eigenvalue weighted by atomic mass is 9.98. The fourth-order valence-electron chi connectivity index (χ4n) is 1.42. The van der Waals surface area contributed by atoms with Crippen molar-refractivity contribution >= 4 is 17.8 Å². The van der Waals surface area contributed by atoms with Gasteiger partial charge in [0.1, 0.15) is 6.04 Å². The molecule has 0 unspecified atom stereocenters. The Morgan fingerprint density at radius 1 is 1.22 bits per heavy atom.